The molecule has 8 heteroatoms. The summed E-state index contributed by atoms with van der Waals surface area (Å²) in [6.07, 6.45) is -5.22. The fourth-order valence-electron chi connectivity index (χ4n) is 1.78. The van der Waals surface area contributed by atoms with Crippen molar-refractivity contribution >= 4 is 9.84 Å². The fourth-order valence-corrected chi connectivity index (χ4v) is 3.34. The lowest BCUT2D eigenvalue weighted by Gasteiger charge is -2.14. The minimum absolute atomic E-state index is 0.489. The zero-order valence-electron chi connectivity index (χ0n) is 10.2. The monoisotopic (exact) mass is 322 g/mol. The van der Waals surface area contributed by atoms with Gasteiger partial charge in [0.15, 0.2) is 0 Å². The average molecular weight is 322 g/mol. The van der Waals surface area contributed by atoms with Crippen LogP contribution < -0.4 is 0 Å². The van der Waals surface area contributed by atoms with E-state index in [4.69, 9.17) is 0 Å². The summed E-state index contributed by atoms with van der Waals surface area (Å²) in [5.41, 5.74) is -1.94. The fraction of sp³-hybridized carbons (Fsp3) is 0.0769. The van der Waals surface area contributed by atoms with Gasteiger partial charge in [-0.25, -0.2) is 17.2 Å². The first-order valence-electron chi connectivity index (χ1n) is 5.51. The molecular formula is C13H7F5O2S. The molecule has 21 heavy (non-hydrogen) atoms. The van der Waals surface area contributed by atoms with Gasteiger partial charge < -0.3 is 0 Å². The molecule has 0 fully saturated rings. The van der Waals surface area contributed by atoms with E-state index in [-0.39, 0.29) is 0 Å². The number of halogens is 5. The summed E-state index contributed by atoms with van der Waals surface area (Å²) >= 11 is 0. The Hall–Kier alpha value is -1.96. The lowest BCUT2D eigenvalue weighted by atomic mass is 10.2. The Balaban J connectivity index is 2.79. The molecule has 2 rings (SSSR count). The van der Waals surface area contributed by atoms with Crippen molar-refractivity contribution in [1.29, 1.82) is 0 Å². The van der Waals surface area contributed by atoms with Gasteiger partial charge in [-0.05, 0) is 24.3 Å². The summed E-state index contributed by atoms with van der Waals surface area (Å²) in [7, 11) is -4.84. The third kappa shape index (κ3) is 2.76. The van der Waals surface area contributed by atoms with Crippen molar-refractivity contribution in [3.8, 4) is 0 Å². The summed E-state index contributed by atoms with van der Waals surface area (Å²) < 4.78 is 89.9. The van der Waals surface area contributed by atoms with E-state index in [1.165, 1.54) is 6.07 Å². The smallest absolute Gasteiger partial charge is 0.218 e. The van der Waals surface area contributed by atoms with Crippen LogP contribution in [0.2, 0.25) is 0 Å². The van der Waals surface area contributed by atoms with E-state index in [9.17, 15) is 30.4 Å². The first-order valence-corrected chi connectivity index (χ1v) is 6.99. The van der Waals surface area contributed by atoms with Crippen molar-refractivity contribution in [1.82, 2.24) is 0 Å². The number of hydrogen-bond donors (Lipinski definition) is 0. The van der Waals surface area contributed by atoms with Crippen LogP contribution in [-0.2, 0) is 16.0 Å². The first kappa shape index (κ1) is 15.4. The van der Waals surface area contributed by atoms with Gasteiger partial charge in [0, 0.05) is 0 Å². The van der Waals surface area contributed by atoms with Crippen molar-refractivity contribution in [2.24, 2.45) is 0 Å². The molecule has 0 spiro atoms. The highest BCUT2D eigenvalue weighted by Crippen LogP contribution is 2.38. The first-order chi connectivity index (χ1) is 9.65. The third-order valence-electron chi connectivity index (χ3n) is 2.67. The maximum atomic E-state index is 13.5. The van der Waals surface area contributed by atoms with Crippen LogP contribution in [0.3, 0.4) is 0 Å². The molecule has 0 aliphatic carbocycles. The number of rotatable bonds is 2. The molecular weight excluding hydrogens is 315 g/mol. The number of sulfone groups is 1. The van der Waals surface area contributed by atoms with E-state index < -0.39 is 43.0 Å². The third-order valence-corrected chi connectivity index (χ3v) is 4.50. The predicted molar refractivity (Wildman–Crippen MR) is 63.3 cm³/mol. The predicted octanol–water partition coefficient (Wildman–Crippen LogP) is 3.82. The van der Waals surface area contributed by atoms with Crippen molar-refractivity contribution in [2.75, 3.05) is 0 Å². The van der Waals surface area contributed by atoms with Crippen LogP contribution in [-0.4, -0.2) is 8.42 Å². The SMILES string of the molecule is O=S(=O)(c1ccccc1F)c1cccc(F)c1C(F)(F)F. The van der Waals surface area contributed by atoms with E-state index in [2.05, 4.69) is 0 Å². The Morgan fingerprint density at radius 3 is 1.86 bits per heavy atom. The van der Waals surface area contributed by atoms with E-state index in [0.29, 0.717) is 12.1 Å². The molecule has 0 unspecified atom stereocenters. The number of hydrogen-bond acceptors (Lipinski definition) is 2. The Morgan fingerprint density at radius 1 is 0.762 bits per heavy atom. The Morgan fingerprint density at radius 2 is 1.29 bits per heavy atom. The Kier molecular flexibility index (Phi) is 3.75. The van der Waals surface area contributed by atoms with Gasteiger partial charge in [-0.15, -0.1) is 0 Å². The summed E-state index contributed by atoms with van der Waals surface area (Å²) in [5, 5.41) is 0. The molecule has 2 nitrogen and oxygen atoms in total. The number of alkyl halides is 3. The van der Waals surface area contributed by atoms with Gasteiger partial charge in [0.05, 0.1) is 4.90 Å². The minimum Gasteiger partial charge on any atom is -0.218 e. The van der Waals surface area contributed by atoms with Gasteiger partial charge >= 0.3 is 6.18 Å². The second-order valence-electron chi connectivity index (χ2n) is 4.04. The lowest BCUT2D eigenvalue weighted by Crippen LogP contribution is -2.16. The summed E-state index contributed by atoms with van der Waals surface area (Å²) in [6.45, 7) is 0. The standard InChI is InChI=1S/C13H7F5O2S/c14-8-4-1-2-6-10(8)21(19,20)11-7-3-5-9(15)12(11)13(16,17)18/h1-7H. The topological polar surface area (TPSA) is 34.1 Å². The molecule has 0 amide bonds. The molecule has 0 aliphatic rings. The molecule has 0 aromatic heterocycles. The van der Waals surface area contributed by atoms with Crippen molar-refractivity contribution in [3.63, 3.8) is 0 Å². The van der Waals surface area contributed by atoms with Crippen LogP contribution in [0.5, 0.6) is 0 Å². The van der Waals surface area contributed by atoms with Crippen LogP contribution in [0.25, 0.3) is 0 Å². The minimum atomic E-state index is -5.22. The average Bonchev–Trinajstić information content (AvgIpc) is 2.37. The van der Waals surface area contributed by atoms with Crippen molar-refractivity contribution < 1.29 is 30.4 Å². The Bertz CT molecular complexity index is 781. The largest absolute Gasteiger partial charge is 0.420 e. The number of benzene rings is 2. The summed E-state index contributed by atoms with van der Waals surface area (Å²) in [4.78, 5) is -2.26. The Labute approximate surface area is 116 Å². The quantitative estimate of drug-likeness (QED) is 0.788. The summed E-state index contributed by atoms with van der Waals surface area (Å²) in [6, 6.07) is 5.84. The lowest BCUT2D eigenvalue weighted by molar-refractivity contribution is -0.142. The summed E-state index contributed by atoms with van der Waals surface area (Å²) in [5.74, 6) is -2.95. The maximum Gasteiger partial charge on any atom is 0.420 e. The van der Waals surface area contributed by atoms with Crippen molar-refractivity contribution in [2.45, 2.75) is 16.0 Å². The van der Waals surface area contributed by atoms with Crippen LogP contribution >= 0.6 is 0 Å². The van der Waals surface area contributed by atoms with Gasteiger partial charge in [-0.3, -0.25) is 0 Å². The van der Waals surface area contributed by atoms with E-state index >= 15 is 0 Å². The molecule has 0 saturated heterocycles. The van der Waals surface area contributed by atoms with Gasteiger partial charge in [0.25, 0.3) is 0 Å². The second-order valence-corrected chi connectivity index (χ2v) is 5.93. The molecule has 2 aromatic rings. The van der Waals surface area contributed by atoms with Crippen LogP contribution in [0.15, 0.2) is 52.3 Å². The van der Waals surface area contributed by atoms with Gasteiger partial charge in [0.2, 0.25) is 9.84 Å². The molecule has 0 N–H and O–H groups in total. The van der Waals surface area contributed by atoms with Gasteiger partial charge in [-0.2, -0.15) is 13.2 Å². The van der Waals surface area contributed by atoms with Crippen molar-refractivity contribution in [3.05, 3.63) is 59.7 Å². The van der Waals surface area contributed by atoms with Crippen LogP contribution in [0, 0.1) is 11.6 Å². The molecule has 0 atom stereocenters. The highest BCUT2D eigenvalue weighted by molar-refractivity contribution is 7.91. The molecule has 0 saturated carbocycles. The van der Waals surface area contributed by atoms with Gasteiger partial charge in [0.1, 0.15) is 22.1 Å². The van der Waals surface area contributed by atoms with Crippen LogP contribution in [0.4, 0.5) is 22.0 Å². The molecule has 112 valence electrons. The molecule has 0 heterocycles. The second kappa shape index (κ2) is 5.10. The zero-order chi connectivity index (χ0) is 15.8. The normalized spacial score (nSPS) is 12.4. The highest BCUT2D eigenvalue weighted by atomic mass is 32.2. The maximum absolute atomic E-state index is 13.5. The molecule has 0 radical (unpaired) electrons. The molecule has 2 aromatic carbocycles. The highest BCUT2D eigenvalue weighted by Gasteiger charge is 2.41. The van der Waals surface area contributed by atoms with Crippen LogP contribution in [0.1, 0.15) is 5.56 Å². The molecule has 0 aliphatic heterocycles. The van der Waals surface area contributed by atoms with E-state index in [0.717, 1.165) is 24.3 Å². The molecule has 0 bridgehead atoms. The van der Waals surface area contributed by atoms with Gasteiger partial charge in [-0.1, -0.05) is 18.2 Å². The zero-order valence-corrected chi connectivity index (χ0v) is 11.0. The van der Waals surface area contributed by atoms with E-state index in [1.807, 2.05) is 0 Å². The van der Waals surface area contributed by atoms with E-state index in [1.54, 1.807) is 0 Å².